The molecule has 2 aromatic rings. The number of esters is 1. The minimum atomic E-state index is -0.677. The largest absolute Gasteiger partial charge is 0.491 e. The lowest BCUT2D eigenvalue weighted by molar-refractivity contribution is -0.147. The van der Waals surface area contributed by atoms with Crippen LogP contribution >= 0.6 is 11.6 Å². The summed E-state index contributed by atoms with van der Waals surface area (Å²) in [5.74, 6) is -0.829. The van der Waals surface area contributed by atoms with E-state index >= 15 is 0 Å². The molecule has 8 heteroatoms. The quantitative estimate of drug-likeness (QED) is 0.732. The highest BCUT2D eigenvalue weighted by molar-refractivity contribution is 6.30. The lowest BCUT2D eigenvalue weighted by atomic mass is 10.1. The number of nitrogens with zero attached hydrogens (tertiary/aromatic N) is 1. The van der Waals surface area contributed by atoms with E-state index in [9.17, 15) is 14.4 Å². The Bertz CT molecular complexity index is 900. The van der Waals surface area contributed by atoms with Crippen LogP contribution in [0.15, 0.2) is 48.5 Å². The van der Waals surface area contributed by atoms with Gasteiger partial charge in [0.25, 0.3) is 5.91 Å². The normalized spacial score (nSPS) is 14.3. The fourth-order valence-electron chi connectivity index (χ4n) is 2.93. The molecule has 2 aromatic carbocycles. The third-order valence-electron chi connectivity index (χ3n) is 4.43. The number of fused-ring (bicyclic) bond motifs is 1. The lowest BCUT2D eigenvalue weighted by Gasteiger charge is -2.21. The van der Waals surface area contributed by atoms with Gasteiger partial charge in [0.1, 0.15) is 12.3 Å². The van der Waals surface area contributed by atoms with E-state index in [4.69, 9.17) is 21.1 Å². The zero-order valence-corrected chi connectivity index (χ0v) is 16.6. The fraction of sp³-hybridized carbons (Fsp3) is 0.286. The average molecular weight is 417 g/mol. The van der Waals surface area contributed by atoms with E-state index < -0.39 is 18.5 Å². The summed E-state index contributed by atoms with van der Waals surface area (Å²) in [7, 11) is 0. The average Bonchev–Trinajstić information content (AvgIpc) is 2.86. The number of carbonyl (C=O) groups excluding carboxylic acids is 3. The molecule has 0 unspecified atom stereocenters. The number of amides is 2. The maximum Gasteiger partial charge on any atom is 0.326 e. The first-order valence-corrected chi connectivity index (χ1v) is 9.54. The second kappa shape index (κ2) is 9.43. The first-order valence-electron chi connectivity index (χ1n) is 9.16. The molecule has 152 valence electrons. The number of hydrogen-bond donors (Lipinski definition) is 1. The number of hydrogen-bond acceptors (Lipinski definition) is 5. The Labute approximate surface area is 173 Å². The summed E-state index contributed by atoms with van der Waals surface area (Å²) in [5.41, 5.74) is 1.38. The number of benzene rings is 2. The topological polar surface area (TPSA) is 84.9 Å². The van der Waals surface area contributed by atoms with Gasteiger partial charge in [-0.05, 0) is 36.8 Å². The van der Waals surface area contributed by atoms with Crippen LogP contribution < -0.4 is 15.0 Å². The standard InChI is InChI=1S/C21H21ClN2O5/c1-14(15-6-8-16(22)9-7-15)23-19(25)13-29-21(27)12-24-17-4-2-3-5-18(17)28-11-10-20(24)26/h2-9,14H,10-13H2,1H3,(H,23,25)/t14-/m1/s1. The summed E-state index contributed by atoms with van der Waals surface area (Å²) in [6, 6.07) is 13.8. The Hall–Kier alpha value is -3.06. The van der Waals surface area contributed by atoms with E-state index in [0.29, 0.717) is 16.5 Å². The molecule has 0 radical (unpaired) electrons. The van der Waals surface area contributed by atoms with E-state index in [0.717, 1.165) is 5.56 Å². The molecule has 29 heavy (non-hydrogen) atoms. The number of rotatable bonds is 6. The molecule has 0 spiro atoms. The van der Waals surface area contributed by atoms with Crippen molar-refractivity contribution >= 4 is 35.1 Å². The van der Waals surface area contributed by atoms with Crippen LogP contribution in [0.3, 0.4) is 0 Å². The molecule has 1 atom stereocenters. The smallest absolute Gasteiger partial charge is 0.326 e. The summed E-state index contributed by atoms with van der Waals surface area (Å²) in [6.45, 7) is 1.33. The Morgan fingerprint density at radius 3 is 2.69 bits per heavy atom. The monoisotopic (exact) mass is 416 g/mol. The van der Waals surface area contributed by atoms with Gasteiger partial charge in [-0.3, -0.25) is 19.3 Å². The van der Waals surface area contributed by atoms with Gasteiger partial charge in [0.05, 0.1) is 24.8 Å². The Morgan fingerprint density at radius 1 is 1.21 bits per heavy atom. The molecule has 0 fully saturated rings. The Morgan fingerprint density at radius 2 is 1.93 bits per heavy atom. The van der Waals surface area contributed by atoms with Crippen molar-refractivity contribution in [2.45, 2.75) is 19.4 Å². The van der Waals surface area contributed by atoms with Gasteiger partial charge in [-0.1, -0.05) is 35.9 Å². The lowest BCUT2D eigenvalue weighted by Crippen LogP contribution is -2.38. The molecule has 7 nitrogen and oxygen atoms in total. The zero-order valence-electron chi connectivity index (χ0n) is 15.9. The molecule has 0 saturated heterocycles. The van der Waals surface area contributed by atoms with Gasteiger partial charge in [-0.25, -0.2) is 0 Å². The van der Waals surface area contributed by atoms with Crippen molar-refractivity contribution in [3.8, 4) is 5.75 Å². The van der Waals surface area contributed by atoms with Gasteiger partial charge in [-0.15, -0.1) is 0 Å². The van der Waals surface area contributed by atoms with E-state index in [1.807, 2.05) is 19.1 Å². The first-order chi connectivity index (χ1) is 13.9. The van der Waals surface area contributed by atoms with Crippen LogP contribution in [0.1, 0.15) is 24.9 Å². The Kier molecular flexibility index (Phi) is 6.72. The number of para-hydroxylation sites is 2. The second-order valence-corrected chi connectivity index (χ2v) is 6.98. The van der Waals surface area contributed by atoms with E-state index in [1.54, 1.807) is 36.4 Å². The predicted octanol–water partition coefficient (Wildman–Crippen LogP) is 2.88. The molecule has 1 heterocycles. The molecule has 3 rings (SSSR count). The van der Waals surface area contributed by atoms with Crippen molar-refractivity contribution in [1.29, 1.82) is 0 Å². The summed E-state index contributed by atoms with van der Waals surface area (Å²) in [4.78, 5) is 38.0. The van der Waals surface area contributed by atoms with Gasteiger partial charge in [0.15, 0.2) is 6.61 Å². The fourth-order valence-corrected chi connectivity index (χ4v) is 3.06. The summed E-state index contributed by atoms with van der Waals surface area (Å²) in [5, 5.41) is 3.36. The van der Waals surface area contributed by atoms with E-state index in [1.165, 1.54) is 4.90 Å². The molecule has 0 aliphatic carbocycles. The van der Waals surface area contributed by atoms with Crippen molar-refractivity contribution in [1.82, 2.24) is 5.32 Å². The van der Waals surface area contributed by atoms with Crippen molar-refractivity contribution in [2.75, 3.05) is 24.7 Å². The van der Waals surface area contributed by atoms with Gasteiger partial charge < -0.3 is 14.8 Å². The third kappa shape index (κ3) is 5.48. The molecule has 1 aliphatic heterocycles. The predicted molar refractivity (Wildman–Crippen MR) is 108 cm³/mol. The van der Waals surface area contributed by atoms with Crippen molar-refractivity contribution in [2.24, 2.45) is 0 Å². The minimum Gasteiger partial charge on any atom is -0.491 e. The molecule has 0 saturated carbocycles. The van der Waals surface area contributed by atoms with Crippen molar-refractivity contribution in [3.05, 3.63) is 59.1 Å². The van der Waals surface area contributed by atoms with Gasteiger partial charge >= 0.3 is 5.97 Å². The van der Waals surface area contributed by atoms with Gasteiger partial charge in [-0.2, -0.15) is 0 Å². The molecule has 1 N–H and O–H groups in total. The zero-order chi connectivity index (χ0) is 20.8. The number of carbonyl (C=O) groups is 3. The highest BCUT2D eigenvalue weighted by atomic mass is 35.5. The van der Waals surface area contributed by atoms with Crippen LogP contribution in [0.4, 0.5) is 5.69 Å². The number of nitrogens with one attached hydrogen (secondary N) is 1. The molecule has 2 amide bonds. The van der Waals surface area contributed by atoms with E-state index in [-0.39, 0.29) is 31.5 Å². The summed E-state index contributed by atoms with van der Waals surface area (Å²) >= 11 is 5.86. The highest BCUT2D eigenvalue weighted by Gasteiger charge is 2.26. The number of anilines is 1. The summed E-state index contributed by atoms with van der Waals surface area (Å²) < 4.78 is 10.6. The van der Waals surface area contributed by atoms with E-state index in [2.05, 4.69) is 5.32 Å². The van der Waals surface area contributed by atoms with Crippen LogP contribution in [-0.4, -0.2) is 37.5 Å². The number of ether oxygens (including phenoxy) is 2. The summed E-state index contributed by atoms with van der Waals surface area (Å²) in [6.07, 6.45) is 0.154. The van der Waals surface area contributed by atoms with Crippen LogP contribution in [0.5, 0.6) is 5.75 Å². The molecule has 0 aromatic heterocycles. The van der Waals surface area contributed by atoms with Crippen LogP contribution in [0.2, 0.25) is 5.02 Å². The van der Waals surface area contributed by atoms with Crippen LogP contribution in [-0.2, 0) is 19.1 Å². The molecule has 0 bridgehead atoms. The second-order valence-electron chi connectivity index (χ2n) is 6.55. The third-order valence-corrected chi connectivity index (χ3v) is 4.68. The minimum absolute atomic E-state index is 0.154. The number of halogens is 1. The highest BCUT2D eigenvalue weighted by Crippen LogP contribution is 2.30. The SMILES string of the molecule is C[C@@H](NC(=O)COC(=O)CN1C(=O)CCOc2ccccc21)c1ccc(Cl)cc1. The maximum absolute atomic E-state index is 12.3. The molecular formula is C21H21ClN2O5. The molecular weight excluding hydrogens is 396 g/mol. The van der Waals surface area contributed by atoms with Crippen molar-refractivity contribution in [3.63, 3.8) is 0 Å². The van der Waals surface area contributed by atoms with Crippen LogP contribution in [0.25, 0.3) is 0 Å². The van der Waals surface area contributed by atoms with Crippen LogP contribution in [0, 0.1) is 0 Å². The maximum atomic E-state index is 12.3. The molecule has 1 aliphatic rings. The Balaban J connectivity index is 1.53. The van der Waals surface area contributed by atoms with Gasteiger partial charge in [0.2, 0.25) is 5.91 Å². The van der Waals surface area contributed by atoms with Crippen molar-refractivity contribution < 1.29 is 23.9 Å². The van der Waals surface area contributed by atoms with Gasteiger partial charge in [0, 0.05) is 5.02 Å². The first kappa shape index (κ1) is 20.7.